The molecular weight excluding hydrogens is 364 g/mol. The van der Waals surface area contributed by atoms with Gasteiger partial charge in [-0.3, -0.25) is 0 Å². The summed E-state index contributed by atoms with van der Waals surface area (Å²) in [6, 6.07) is 8.32. The van der Waals surface area contributed by atoms with E-state index in [2.05, 4.69) is 42.7 Å². The van der Waals surface area contributed by atoms with Gasteiger partial charge < -0.3 is 24.4 Å². The lowest BCUT2D eigenvalue weighted by Crippen LogP contribution is -2.47. The zero-order valence-corrected chi connectivity index (χ0v) is 18.2. The lowest BCUT2D eigenvalue weighted by atomic mass is 9.91. The molecule has 2 aromatic carbocycles. The van der Waals surface area contributed by atoms with Crippen LogP contribution in [0.1, 0.15) is 29.2 Å². The fraction of sp³-hybridized carbons (Fsp3) is 0.500. The summed E-state index contributed by atoms with van der Waals surface area (Å²) in [6.45, 7) is 12.6. The molecule has 5 heteroatoms. The lowest BCUT2D eigenvalue weighted by Gasteiger charge is -2.39. The maximum absolute atomic E-state index is 9.79. The number of ether oxygens (including phenoxy) is 2. The summed E-state index contributed by atoms with van der Waals surface area (Å²) in [7, 11) is 1.70. The molecule has 0 spiro atoms. The Hall–Kier alpha value is -2.40. The van der Waals surface area contributed by atoms with Gasteiger partial charge in [-0.1, -0.05) is 0 Å². The average Bonchev–Trinajstić information content (AvgIpc) is 3.12. The van der Waals surface area contributed by atoms with E-state index in [-0.39, 0.29) is 6.61 Å². The predicted molar refractivity (Wildman–Crippen MR) is 118 cm³/mol. The Kier molecular flexibility index (Phi) is 5.11. The molecule has 1 saturated heterocycles. The number of benzene rings is 2. The molecule has 1 atom stereocenters. The minimum atomic E-state index is -0.504. The first-order valence-electron chi connectivity index (χ1n) is 10.4. The highest BCUT2D eigenvalue weighted by Gasteiger charge is 2.38. The van der Waals surface area contributed by atoms with Crippen molar-refractivity contribution in [2.24, 2.45) is 0 Å². The molecule has 1 N–H and O–H groups in total. The highest BCUT2D eigenvalue weighted by molar-refractivity contribution is 5.70. The summed E-state index contributed by atoms with van der Waals surface area (Å²) in [6.07, 6.45) is 0.768. The molecule has 0 radical (unpaired) electrons. The number of rotatable bonds is 4. The summed E-state index contributed by atoms with van der Waals surface area (Å²) in [5.41, 5.74) is 7.15. The summed E-state index contributed by atoms with van der Waals surface area (Å²) < 4.78 is 11.5. The summed E-state index contributed by atoms with van der Waals surface area (Å²) in [5, 5.41) is 9.79. The van der Waals surface area contributed by atoms with E-state index in [1.54, 1.807) is 7.11 Å². The molecule has 0 bridgehead atoms. The van der Waals surface area contributed by atoms with Crippen LogP contribution in [0.15, 0.2) is 24.3 Å². The first-order valence-corrected chi connectivity index (χ1v) is 10.4. The van der Waals surface area contributed by atoms with Crippen molar-refractivity contribution in [3.05, 3.63) is 46.5 Å². The van der Waals surface area contributed by atoms with Crippen LogP contribution in [0.3, 0.4) is 0 Å². The van der Waals surface area contributed by atoms with Gasteiger partial charge in [0, 0.05) is 49.5 Å². The number of aliphatic hydroxyl groups is 1. The molecule has 1 fully saturated rings. The number of piperazine rings is 1. The standard InChI is InChI=1S/C24H32N2O3/c1-16-17(2)23-21(14-24(4,15-27)29-23)18(3)22(16)26-12-10-25(11-13-26)19-6-8-20(28-5)9-7-19/h6-9,27H,10-15H2,1-5H3/t24-/m0/s1. The van der Waals surface area contributed by atoms with E-state index < -0.39 is 5.60 Å². The number of methoxy groups -OCH3 is 1. The Morgan fingerprint density at radius 1 is 0.966 bits per heavy atom. The third kappa shape index (κ3) is 3.42. The fourth-order valence-corrected chi connectivity index (χ4v) is 4.72. The molecule has 156 valence electrons. The van der Waals surface area contributed by atoms with Gasteiger partial charge in [0.25, 0.3) is 0 Å². The molecule has 2 aromatic rings. The van der Waals surface area contributed by atoms with Crippen molar-refractivity contribution >= 4 is 11.4 Å². The molecule has 0 aliphatic carbocycles. The number of hydrogen-bond acceptors (Lipinski definition) is 5. The van der Waals surface area contributed by atoms with Crippen LogP contribution in [-0.2, 0) is 6.42 Å². The van der Waals surface area contributed by atoms with Crippen molar-refractivity contribution in [2.45, 2.75) is 39.7 Å². The molecule has 0 saturated carbocycles. The van der Waals surface area contributed by atoms with Gasteiger partial charge in [0.1, 0.15) is 17.1 Å². The molecule has 29 heavy (non-hydrogen) atoms. The number of hydrogen-bond donors (Lipinski definition) is 1. The zero-order valence-electron chi connectivity index (χ0n) is 18.2. The monoisotopic (exact) mass is 396 g/mol. The third-order valence-electron chi connectivity index (χ3n) is 6.61. The smallest absolute Gasteiger partial charge is 0.133 e. The highest BCUT2D eigenvalue weighted by atomic mass is 16.5. The van der Waals surface area contributed by atoms with Gasteiger partial charge >= 0.3 is 0 Å². The second-order valence-corrected chi connectivity index (χ2v) is 8.59. The van der Waals surface area contributed by atoms with Crippen LogP contribution in [0.5, 0.6) is 11.5 Å². The van der Waals surface area contributed by atoms with Crippen molar-refractivity contribution in [3.8, 4) is 11.5 Å². The van der Waals surface area contributed by atoms with Crippen molar-refractivity contribution < 1.29 is 14.6 Å². The molecule has 2 aliphatic heterocycles. The van der Waals surface area contributed by atoms with Crippen LogP contribution in [0.2, 0.25) is 0 Å². The molecule has 2 aliphatic rings. The number of fused-ring (bicyclic) bond motifs is 1. The Morgan fingerprint density at radius 3 is 2.17 bits per heavy atom. The van der Waals surface area contributed by atoms with E-state index in [0.717, 1.165) is 44.1 Å². The molecule has 0 aromatic heterocycles. The van der Waals surface area contributed by atoms with Crippen LogP contribution >= 0.6 is 0 Å². The molecule has 2 heterocycles. The first kappa shape index (κ1) is 19.9. The molecule has 4 rings (SSSR count). The number of nitrogens with zero attached hydrogens (tertiary/aromatic N) is 2. The normalized spacial score (nSPS) is 21.2. The van der Waals surface area contributed by atoms with Crippen molar-refractivity contribution in [1.82, 2.24) is 0 Å². The summed E-state index contributed by atoms with van der Waals surface area (Å²) >= 11 is 0. The van der Waals surface area contributed by atoms with Crippen LogP contribution in [0.25, 0.3) is 0 Å². The Morgan fingerprint density at radius 2 is 1.59 bits per heavy atom. The number of aliphatic hydroxyl groups excluding tert-OH is 1. The van der Waals surface area contributed by atoms with Crippen molar-refractivity contribution in [1.29, 1.82) is 0 Å². The quantitative estimate of drug-likeness (QED) is 0.855. The largest absolute Gasteiger partial charge is 0.497 e. The van der Waals surface area contributed by atoms with Gasteiger partial charge in [-0.25, -0.2) is 0 Å². The Bertz CT molecular complexity index is 902. The Balaban J connectivity index is 1.56. The maximum Gasteiger partial charge on any atom is 0.133 e. The van der Waals surface area contributed by atoms with Crippen LogP contribution in [0.4, 0.5) is 11.4 Å². The average molecular weight is 397 g/mol. The summed E-state index contributed by atoms with van der Waals surface area (Å²) in [4.78, 5) is 4.96. The highest BCUT2D eigenvalue weighted by Crippen LogP contribution is 2.45. The van der Waals surface area contributed by atoms with Gasteiger partial charge in [-0.2, -0.15) is 0 Å². The lowest BCUT2D eigenvalue weighted by molar-refractivity contribution is 0.0442. The van der Waals surface area contributed by atoms with Gasteiger partial charge in [-0.15, -0.1) is 0 Å². The topological polar surface area (TPSA) is 45.2 Å². The second-order valence-electron chi connectivity index (χ2n) is 8.59. The van der Waals surface area contributed by atoms with E-state index in [1.807, 2.05) is 19.1 Å². The molecular formula is C24H32N2O3. The van der Waals surface area contributed by atoms with Gasteiger partial charge in [0.15, 0.2) is 0 Å². The van der Waals surface area contributed by atoms with E-state index in [0.29, 0.717) is 0 Å². The third-order valence-corrected chi connectivity index (χ3v) is 6.61. The fourth-order valence-electron chi connectivity index (χ4n) is 4.72. The predicted octanol–water partition coefficient (Wildman–Crippen LogP) is 3.63. The minimum absolute atomic E-state index is 0.0372. The minimum Gasteiger partial charge on any atom is -0.497 e. The number of anilines is 2. The van der Waals surface area contributed by atoms with Crippen LogP contribution in [-0.4, -0.2) is 50.6 Å². The zero-order chi connectivity index (χ0) is 20.8. The summed E-state index contributed by atoms with van der Waals surface area (Å²) in [5.74, 6) is 1.88. The van der Waals surface area contributed by atoms with E-state index in [4.69, 9.17) is 9.47 Å². The van der Waals surface area contributed by atoms with Crippen molar-refractivity contribution in [2.75, 3.05) is 49.7 Å². The van der Waals surface area contributed by atoms with Crippen molar-refractivity contribution in [3.63, 3.8) is 0 Å². The first-order chi connectivity index (χ1) is 13.9. The SMILES string of the molecule is COc1ccc(N2CCN(c3c(C)c(C)c4c(c3C)C[C@@](C)(CO)O4)CC2)cc1. The van der Waals surface area contributed by atoms with Gasteiger partial charge in [0.2, 0.25) is 0 Å². The molecule has 0 unspecified atom stereocenters. The molecule has 0 amide bonds. The van der Waals surface area contributed by atoms with E-state index >= 15 is 0 Å². The van der Waals surface area contributed by atoms with Gasteiger partial charge in [-0.05, 0) is 68.7 Å². The molecule has 5 nitrogen and oxygen atoms in total. The van der Waals surface area contributed by atoms with Crippen LogP contribution in [0, 0.1) is 20.8 Å². The van der Waals surface area contributed by atoms with E-state index in [1.165, 1.54) is 33.6 Å². The second kappa shape index (κ2) is 7.45. The van der Waals surface area contributed by atoms with Gasteiger partial charge in [0.05, 0.1) is 13.7 Å². The van der Waals surface area contributed by atoms with E-state index in [9.17, 15) is 5.11 Å². The Labute approximate surface area is 173 Å². The maximum atomic E-state index is 9.79. The van der Waals surface area contributed by atoms with Crippen LogP contribution < -0.4 is 19.3 Å².